The van der Waals surface area contributed by atoms with Crippen LogP contribution in [0, 0.1) is 22.9 Å². The molecule has 1 aliphatic carbocycles. The summed E-state index contributed by atoms with van der Waals surface area (Å²) < 4.78 is 19.2. The Kier molecular flexibility index (Phi) is 3.78. The highest BCUT2D eigenvalue weighted by Crippen LogP contribution is 2.29. The molecule has 0 heterocycles. The molecule has 0 spiro atoms. The fraction of sp³-hybridized carbons (Fsp3) is 0.462. The molecule has 5 nitrogen and oxygen atoms in total. The maximum Gasteiger partial charge on any atom is 0.275 e. The van der Waals surface area contributed by atoms with Crippen molar-refractivity contribution in [3.8, 4) is 5.75 Å². The van der Waals surface area contributed by atoms with Gasteiger partial charge in [-0.1, -0.05) is 0 Å². The highest BCUT2D eigenvalue weighted by atomic mass is 19.1. The second-order valence-corrected chi connectivity index (χ2v) is 4.70. The first-order valence-corrected chi connectivity index (χ1v) is 6.10. The average molecular weight is 267 g/mol. The lowest BCUT2D eigenvalue weighted by atomic mass is 9.96. The van der Waals surface area contributed by atoms with Crippen molar-refractivity contribution in [3.63, 3.8) is 0 Å². The van der Waals surface area contributed by atoms with Crippen LogP contribution in [0.3, 0.4) is 0 Å². The Balaban J connectivity index is 2.19. The minimum Gasteiger partial charge on any atom is -0.487 e. The average Bonchev–Trinajstić information content (AvgIpc) is 2.33. The molecule has 1 fully saturated rings. The van der Waals surface area contributed by atoms with Crippen molar-refractivity contribution >= 4 is 11.5 Å². The van der Waals surface area contributed by atoms with Gasteiger partial charge in [0.15, 0.2) is 11.6 Å². The highest BCUT2D eigenvalue weighted by Gasteiger charge is 2.23. The number of nitro groups is 1. The van der Waals surface area contributed by atoms with Crippen LogP contribution in [0.4, 0.5) is 10.1 Å². The number of carbonyl (C=O) groups is 1. The largest absolute Gasteiger partial charge is 0.487 e. The summed E-state index contributed by atoms with van der Waals surface area (Å²) in [6.07, 6.45) is 1.91. The molecule has 0 N–H and O–H groups in total. The third kappa shape index (κ3) is 3.07. The van der Waals surface area contributed by atoms with Crippen LogP contribution in [0.15, 0.2) is 12.1 Å². The first-order chi connectivity index (χ1) is 8.97. The molecular weight excluding hydrogens is 253 g/mol. The van der Waals surface area contributed by atoms with E-state index in [4.69, 9.17) is 4.74 Å². The lowest BCUT2D eigenvalue weighted by Gasteiger charge is -2.22. The first kappa shape index (κ1) is 13.5. The molecule has 102 valence electrons. The van der Waals surface area contributed by atoms with Gasteiger partial charge < -0.3 is 4.74 Å². The molecule has 0 saturated heterocycles. The van der Waals surface area contributed by atoms with Gasteiger partial charge in [-0.05, 0) is 25.8 Å². The molecule has 1 saturated carbocycles. The Morgan fingerprint density at radius 3 is 2.84 bits per heavy atom. The number of nitro benzene ring substituents is 1. The minimum atomic E-state index is -0.768. The lowest BCUT2D eigenvalue weighted by Crippen LogP contribution is -2.25. The standard InChI is InChI=1S/C13H14FNO4/c1-8-5-13(11(14)7-12(8)15(17)18)19-10-4-2-3-9(16)6-10/h5,7,10H,2-4,6H2,1H3. The van der Waals surface area contributed by atoms with Crippen molar-refractivity contribution in [1.82, 2.24) is 0 Å². The fourth-order valence-corrected chi connectivity index (χ4v) is 2.20. The summed E-state index contributed by atoms with van der Waals surface area (Å²) in [5.41, 5.74) is 0.0631. The molecule has 6 heteroatoms. The molecule has 0 aliphatic heterocycles. The predicted molar refractivity (Wildman–Crippen MR) is 65.7 cm³/mol. The maximum absolute atomic E-state index is 13.7. The van der Waals surface area contributed by atoms with Crippen LogP contribution >= 0.6 is 0 Å². The van der Waals surface area contributed by atoms with Crippen LogP contribution in [-0.4, -0.2) is 16.8 Å². The number of rotatable bonds is 3. The number of hydrogen-bond acceptors (Lipinski definition) is 4. The lowest BCUT2D eigenvalue weighted by molar-refractivity contribution is -0.385. The molecule has 2 rings (SSSR count). The van der Waals surface area contributed by atoms with Gasteiger partial charge in [-0.15, -0.1) is 0 Å². The van der Waals surface area contributed by atoms with E-state index in [9.17, 15) is 19.3 Å². The van der Waals surface area contributed by atoms with Crippen LogP contribution in [0.25, 0.3) is 0 Å². The van der Waals surface area contributed by atoms with Crippen LogP contribution < -0.4 is 4.74 Å². The van der Waals surface area contributed by atoms with Crippen molar-refractivity contribution in [2.45, 2.75) is 38.7 Å². The van der Waals surface area contributed by atoms with Gasteiger partial charge in [-0.25, -0.2) is 4.39 Å². The number of carbonyl (C=O) groups excluding carboxylic acids is 1. The molecule has 1 aliphatic rings. The number of halogens is 1. The zero-order chi connectivity index (χ0) is 14.0. The Morgan fingerprint density at radius 2 is 2.21 bits per heavy atom. The van der Waals surface area contributed by atoms with Gasteiger partial charge in [0.25, 0.3) is 5.69 Å². The van der Waals surface area contributed by atoms with E-state index >= 15 is 0 Å². The number of ketones is 1. The van der Waals surface area contributed by atoms with Crippen LogP contribution in [0.2, 0.25) is 0 Å². The van der Waals surface area contributed by atoms with Gasteiger partial charge in [0.1, 0.15) is 11.9 Å². The van der Waals surface area contributed by atoms with Gasteiger partial charge in [0.05, 0.1) is 11.0 Å². The number of ether oxygens (including phenoxy) is 1. The summed E-state index contributed by atoms with van der Waals surface area (Å²) >= 11 is 0. The van der Waals surface area contributed by atoms with E-state index in [1.165, 1.54) is 13.0 Å². The normalized spacial score (nSPS) is 19.3. The Labute approximate surface area is 109 Å². The van der Waals surface area contributed by atoms with Gasteiger partial charge in [-0.2, -0.15) is 0 Å². The first-order valence-electron chi connectivity index (χ1n) is 6.10. The van der Waals surface area contributed by atoms with E-state index in [0.717, 1.165) is 12.5 Å². The Morgan fingerprint density at radius 1 is 1.47 bits per heavy atom. The molecule has 0 amide bonds. The number of benzene rings is 1. The monoisotopic (exact) mass is 267 g/mol. The topological polar surface area (TPSA) is 69.4 Å². The summed E-state index contributed by atoms with van der Waals surface area (Å²) in [6, 6.07) is 2.17. The third-order valence-corrected chi connectivity index (χ3v) is 3.18. The van der Waals surface area contributed by atoms with Gasteiger partial charge >= 0.3 is 0 Å². The van der Waals surface area contributed by atoms with Gasteiger partial charge in [-0.3, -0.25) is 14.9 Å². The summed E-state index contributed by atoms with van der Waals surface area (Å²) in [4.78, 5) is 21.3. The van der Waals surface area contributed by atoms with Crippen molar-refractivity contribution < 1.29 is 18.8 Å². The molecule has 1 aromatic rings. The number of Topliss-reactive ketones (excluding diaryl/α,β-unsaturated/α-hetero) is 1. The molecule has 1 atom stereocenters. The van der Waals surface area contributed by atoms with Crippen LogP contribution in [0.1, 0.15) is 31.2 Å². The quantitative estimate of drug-likeness (QED) is 0.623. The van der Waals surface area contributed by atoms with E-state index in [-0.39, 0.29) is 29.7 Å². The second-order valence-electron chi connectivity index (χ2n) is 4.70. The maximum atomic E-state index is 13.7. The summed E-state index contributed by atoms with van der Waals surface area (Å²) in [5.74, 6) is -0.687. The van der Waals surface area contributed by atoms with E-state index in [2.05, 4.69) is 0 Å². The van der Waals surface area contributed by atoms with Crippen molar-refractivity contribution in [1.29, 1.82) is 0 Å². The van der Waals surface area contributed by atoms with E-state index in [1.54, 1.807) is 0 Å². The molecule has 0 radical (unpaired) electrons. The zero-order valence-corrected chi connectivity index (χ0v) is 10.5. The summed E-state index contributed by atoms with van der Waals surface area (Å²) in [5, 5.41) is 10.7. The number of hydrogen-bond donors (Lipinski definition) is 0. The van der Waals surface area contributed by atoms with E-state index < -0.39 is 10.7 Å². The predicted octanol–water partition coefficient (Wildman–Crippen LogP) is 2.93. The molecule has 1 aromatic carbocycles. The zero-order valence-electron chi connectivity index (χ0n) is 10.5. The fourth-order valence-electron chi connectivity index (χ4n) is 2.20. The summed E-state index contributed by atoms with van der Waals surface area (Å²) in [7, 11) is 0. The summed E-state index contributed by atoms with van der Waals surface area (Å²) in [6.45, 7) is 1.52. The molecule has 0 aromatic heterocycles. The van der Waals surface area contributed by atoms with E-state index in [0.29, 0.717) is 18.4 Å². The molecular formula is C13H14FNO4. The van der Waals surface area contributed by atoms with Crippen LogP contribution in [0.5, 0.6) is 5.75 Å². The van der Waals surface area contributed by atoms with Crippen LogP contribution in [-0.2, 0) is 4.79 Å². The SMILES string of the molecule is Cc1cc(OC2CCCC(=O)C2)c(F)cc1[N+](=O)[O-]. The number of nitrogens with zero attached hydrogens (tertiary/aromatic N) is 1. The minimum absolute atomic E-state index is 0.0252. The smallest absolute Gasteiger partial charge is 0.275 e. The molecule has 1 unspecified atom stereocenters. The molecule has 19 heavy (non-hydrogen) atoms. The number of aryl methyl sites for hydroxylation is 1. The Hall–Kier alpha value is -1.98. The van der Waals surface area contributed by atoms with Gasteiger partial charge in [0, 0.05) is 18.4 Å². The van der Waals surface area contributed by atoms with Crippen molar-refractivity contribution in [2.24, 2.45) is 0 Å². The second kappa shape index (κ2) is 5.34. The Bertz CT molecular complexity index is 530. The highest BCUT2D eigenvalue weighted by molar-refractivity contribution is 5.79. The van der Waals surface area contributed by atoms with Crippen molar-refractivity contribution in [3.05, 3.63) is 33.6 Å². The third-order valence-electron chi connectivity index (χ3n) is 3.18. The van der Waals surface area contributed by atoms with Crippen molar-refractivity contribution in [2.75, 3.05) is 0 Å². The van der Waals surface area contributed by atoms with E-state index in [1.807, 2.05) is 0 Å². The van der Waals surface area contributed by atoms with Gasteiger partial charge in [0.2, 0.25) is 0 Å². The molecule has 0 bridgehead atoms.